The van der Waals surface area contributed by atoms with Crippen molar-refractivity contribution in [3.8, 4) is 34.8 Å². The third-order valence-corrected chi connectivity index (χ3v) is 10.0. The van der Waals surface area contributed by atoms with Crippen molar-refractivity contribution in [2.45, 2.75) is 63.5 Å². The van der Waals surface area contributed by atoms with E-state index in [9.17, 15) is 25.4 Å². The number of aliphatic hydroxyl groups excluding tert-OH is 1. The molecule has 1 amide bonds. The first-order valence-electron chi connectivity index (χ1n) is 15.1. The number of benzene rings is 2. The van der Waals surface area contributed by atoms with E-state index in [0.717, 1.165) is 5.56 Å². The van der Waals surface area contributed by atoms with Crippen molar-refractivity contribution < 1.29 is 34.3 Å². The molecule has 3 aromatic rings. The molecular formula is C33H38N6O7. The summed E-state index contributed by atoms with van der Waals surface area (Å²) < 4.78 is 17.5. The van der Waals surface area contributed by atoms with Crippen LogP contribution >= 0.6 is 0 Å². The van der Waals surface area contributed by atoms with Crippen molar-refractivity contribution in [1.29, 1.82) is 5.26 Å². The average Bonchev–Trinajstić information content (AvgIpc) is 3.05. The molecule has 0 saturated carbocycles. The quantitative estimate of drug-likeness (QED) is 0.300. The molecule has 4 N–H and O–H groups in total. The van der Waals surface area contributed by atoms with Gasteiger partial charge in [-0.1, -0.05) is 0 Å². The molecule has 13 nitrogen and oxygen atoms in total. The number of phenolic OH excluding ortho intramolecular Hbond substituents is 1. The molecule has 13 heteroatoms. The summed E-state index contributed by atoms with van der Waals surface area (Å²) in [6.45, 7) is 3.19. The van der Waals surface area contributed by atoms with Crippen LogP contribution in [0.15, 0.2) is 18.6 Å². The molecule has 242 valence electrons. The second-order valence-electron chi connectivity index (χ2n) is 12.0. The highest BCUT2D eigenvalue weighted by Crippen LogP contribution is 2.58. The van der Waals surface area contributed by atoms with Crippen molar-refractivity contribution in [2.24, 2.45) is 0 Å². The number of aromatic hydroxyl groups is 2. The van der Waals surface area contributed by atoms with E-state index in [-0.39, 0.29) is 29.8 Å². The van der Waals surface area contributed by atoms with Gasteiger partial charge >= 0.3 is 0 Å². The van der Waals surface area contributed by atoms with Gasteiger partial charge in [0.25, 0.3) is 5.91 Å². The molecule has 2 bridgehead atoms. The van der Waals surface area contributed by atoms with Crippen LogP contribution in [0.2, 0.25) is 0 Å². The van der Waals surface area contributed by atoms with Crippen LogP contribution in [-0.4, -0.2) is 94.0 Å². The number of nitrogens with one attached hydrogen (secondary N) is 1. The Kier molecular flexibility index (Phi) is 8.14. The third-order valence-electron chi connectivity index (χ3n) is 10.0. The van der Waals surface area contributed by atoms with Crippen LogP contribution in [0, 0.1) is 25.2 Å². The van der Waals surface area contributed by atoms with Gasteiger partial charge in [-0.2, -0.15) is 5.26 Å². The van der Waals surface area contributed by atoms with Gasteiger partial charge in [0.15, 0.2) is 11.5 Å². The standard InChI is InChI=1S/C33H38N6O7/c1-15-19(14-40)28(41)25-17(30(15)44-4)10-22-27-26-18(31(45-5)16(2)32(46-6)29(26)42)9-21(38(27)3)23(11-34)39(22)24(25)13-37-33(43)20-12-35-7-8-36-20/h7-8,12,21-24,27,40-42H,9-10,13-14H2,1-6H3,(H,37,43)/t21-,22-,23-,24-,27+/m0/s1. The number of hydrogen-bond acceptors (Lipinski definition) is 12. The Morgan fingerprint density at radius 2 is 1.65 bits per heavy atom. The lowest BCUT2D eigenvalue weighted by Gasteiger charge is -2.60. The predicted molar refractivity (Wildman–Crippen MR) is 165 cm³/mol. The first-order chi connectivity index (χ1) is 22.1. The van der Waals surface area contributed by atoms with E-state index in [2.05, 4.69) is 26.3 Å². The normalized spacial score (nSPS) is 23.4. The summed E-state index contributed by atoms with van der Waals surface area (Å²) in [6, 6.07) is -0.0512. The molecule has 0 aliphatic carbocycles. The van der Waals surface area contributed by atoms with Gasteiger partial charge in [0.1, 0.15) is 29.0 Å². The number of ether oxygens (including phenoxy) is 3. The number of rotatable bonds is 7. The smallest absolute Gasteiger partial charge is 0.271 e. The molecular weight excluding hydrogens is 592 g/mol. The Morgan fingerprint density at radius 3 is 2.26 bits per heavy atom. The van der Waals surface area contributed by atoms with Crippen molar-refractivity contribution in [1.82, 2.24) is 25.1 Å². The monoisotopic (exact) mass is 630 g/mol. The molecule has 1 aromatic heterocycles. The Balaban J connectivity index is 1.59. The fourth-order valence-corrected chi connectivity index (χ4v) is 8.13. The lowest BCUT2D eigenvalue weighted by Crippen LogP contribution is -2.68. The zero-order valence-electron chi connectivity index (χ0n) is 26.7. The van der Waals surface area contributed by atoms with Crippen LogP contribution in [0.1, 0.15) is 61.5 Å². The summed E-state index contributed by atoms with van der Waals surface area (Å²) in [6.07, 6.45) is 5.00. The number of likely N-dealkylation sites (N-methyl/N-ethyl adjacent to an activating group) is 1. The topological polar surface area (TPSA) is 174 Å². The molecule has 6 rings (SSSR count). The van der Waals surface area contributed by atoms with Crippen LogP contribution in [0.25, 0.3) is 0 Å². The number of aliphatic hydroxyl groups is 1. The van der Waals surface area contributed by atoms with E-state index in [1.165, 1.54) is 25.7 Å². The fraction of sp³-hybridized carbons (Fsp3) is 0.455. The maximum absolute atomic E-state index is 13.2. The average molecular weight is 631 g/mol. The summed E-state index contributed by atoms with van der Waals surface area (Å²) in [7, 11) is 6.58. The maximum Gasteiger partial charge on any atom is 0.271 e. The minimum Gasteiger partial charge on any atom is -0.507 e. The minimum absolute atomic E-state index is 0.00423. The lowest BCUT2D eigenvalue weighted by molar-refractivity contribution is -0.0724. The van der Waals surface area contributed by atoms with Crippen LogP contribution in [-0.2, 0) is 19.4 Å². The molecule has 4 heterocycles. The highest BCUT2D eigenvalue weighted by Gasteiger charge is 2.57. The highest BCUT2D eigenvalue weighted by molar-refractivity contribution is 5.91. The molecule has 0 spiro atoms. The number of hydrogen-bond donors (Lipinski definition) is 4. The largest absolute Gasteiger partial charge is 0.507 e. The van der Waals surface area contributed by atoms with Crippen molar-refractivity contribution >= 4 is 5.91 Å². The molecule has 0 unspecified atom stereocenters. The number of amides is 1. The molecule has 3 aliphatic heterocycles. The van der Waals surface area contributed by atoms with Crippen molar-refractivity contribution in [2.75, 3.05) is 34.9 Å². The molecule has 3 aliphatic rings. The van der Waals surface area contributed by atoms with E-state index < -0.39 is 36.7 Å². The fourth-order valence-electron chi connectivity index (χ4n) is 8.13. The Morgan fingerprint density at radius 1 is 1.00 bits per heavy atom. The molecule has 0 radical (unpaired) electrons. The number of methoxy groups -OCH3 is 3. The number of aromatic nitrogens is 2. The van der Waals surface area contributed by atoms with Crippen molar-refractivity contribution in [3.63, 3.8) is 0 Å². The summed E-state index contributed by atoms with van der Waals surface area (Å²) in [5, 5.41) is 47.5. The molecule has 5 atom stereocenters. The van der Waals surface area contributed by atoms with Gasteiger partial charge in [-0.15, -0.1) is 0 Å². The Labute approximate surface area is 267 Å². The number of fused-ring (bicyclic) bond motifs is 7. The number of nitrogens with zero attached hydrogens (tertiary/aromatic N) is 5. The predicted octanol–water partition coefficient (Wildman–Crippen LogP) is 2.22. The van der Waals surface area contributed by atoms with Gasteiger partial charge in [-0.25, -0.2) is 4.98 Å². The second-order valence-corrected chi connectivity index (χ2v) is 12.0. The third kappa shape index (κ3) is 4.43. The molecule has 1 saturated heterocycles. The summed E-state index contributed by atoms with van der Waals surface area (Å²) in [5.74, 6) is 0.893. The van der Waals surface area contributed by atoms with Gasteiger partial charge in [0, 0.05) is 70.0 Å². The number of piperazine rings is 1. The first-order valence-corrected chi connectivity index (χ1v) is 15.1. The van der Waals surface area contributed by atoms with E-state index in [0.29, 0.717) is 63.5 Å². The van der Waals surface area contributed by atoms with E-state index in [1.54, 1.807) is 21.1 Å². The number of carbonyl (C=O) groups excluding carboxylic acids is 1. The molecule has 1 fully saturated rings. The van der Waals surface area contributed by atoms with Gasteiger partial charge in [-0.05, 0) is 33.7 Å². The molecule has 46 heavy (non-hydrogen) atoms. The van der Waals surface area contributed by atoms with Crippen LogP contribution in [0.3, 0.4) is 0 Å². The minimum atomic E-state index is -0.713. The van der Waals surface area contributed by atoms with E-state index in [4.69, 9.17) is 14.2 Å². The zero-order chi connectivity index (χ0) is 33.0. The van der Waals surface area contributed by atoms with E-state index >= 15 is 0 Å². The first kappa shape index (κ1) is 31.3. The number of nitriles is 1. The SMILES string of the molecule is COc1c(C)c(OC)c2c(c1O)[C@H]1[C@@H]3Cc4c(OC)c(C)c(CO)c(O)c4[C@H](CNC(=O)c4cnccn4)N3[C@@H](C#N)[C@H](C2)N1C. The summed E-state index contributed by atoms with van der Waals surface area (Å²) in [5.41, 5.74) is 4.37. The molecule has 2 aromatic carbocycles. The van der Waals surface area contributed by atoms with Gasteiger partial charge < -0.3 is 34.8 Å². The number of carbonyl (C=O) groups is 1. The summed E-state index contributed by atoms with van der Waals surface area (Å²) >= 11 is 0. The van der Waals surface area contributed by atoms with Gasteiger partial charge in [-0.3, -0.25) is 19.6 Å². The lowest BCUT2D eigenvalue weighted by atomic mass is 9.71. The van der Waals surface area contributed by atoms with Crippen LogP contribution in [0.5, 0.6) is 28.7 Å². The number of phenols is 2. The van der Waals surface area contributed by atoms with Crippen LogP contribution in [0.4, 0.5) is 0 Å². The van der Waals surface area contributed by atoms with E-state index in [1.807, 2.05) is 18.9 Å². The Hall–Kier alpha value is -4.64. The summed E-state index contributed by atoms with van der Waals surface area (Å²) in [4.78, 5) is 25.5. The highest BCUT2D eigenvalue weighted by atomic mass is 16.5. The Bertz CT molecular complexity index is 1740. The second kappa shape index (κ2) is 11.9. The van der Waals surface area contributed by atoms with Gasteiger partial charge in [0.2, 0.25) is 0 Å². The van der Waals surface area contributed by atoms with Crippen LogP contribution < -0.4 is 19.5 Å². The van der Waals surface area contributed by atoms with Gasteiger partial charge in [0.05, 0.1) is 52.3 Å². The van der Waals surface area contributed by atoms with Crippen molar-refractivity contribution in [3.05, 3.63) is 63.2 Å². The maximum atomic E-state index is 13.2. The zero-order valence-corrected chi connectivity index (χ0v) is 26.7.